The minimum Gasteiger partial charge on any atom is -0.463 e. The van der Waals surface area contributed by atoms with Crippen LogP contribution in [-0.4, -0.2) is 37.7 Å². The third kappa shape index (κ3) is 4.64. The molecule has 19 heavy (non-hydrogen) atoms. The van der Waals surface area contributed by atoms with Crippen molar-refractivity contribution in [2.45, 2.75) is 45.4 Å². The Morgan fingerprint density at radius 2 is 2.26 bits per heavy atom. The standard InChI is InChI=1S/C15H26N2O2/c1-3-9-18-14-5-4-8-17(11-14)12-15-7-6-13(19-15)10-16-2/h6-7,14,16H,3-5,8-12H2,1-2H3. The second-order valence-electron chi connectivity index (χ2n) is 5.27. The van der Waals surface area contributed by atoms with Crippen molar-refractivity contribution in [1.29, 1.82) is 0 Å². The van der Waals surface area contributed by atoms with Gasteiger partial charge >= 0.3 is 0 Å². The highest BCUT2D eigenvalue weighted by atomic mass is 16.5. The molecule has 0 amide bonds. The van der Waals surface area contributed by atoms with Crippen molar-refractivity contribution in [3.63, 3.8) is 0 Å². The van der Waals surface area contributed by atoms with Gasteiger partial charge in [-0.25, -0.2) is 0 Å². The zero-order valence-electron chi connectivity index (χ0n) is 12.2. The van der Waals surface area contributed by atoms with Crippen LogP contribution in [0.15, 0.2) is 16.5 Å². The van der Waals surface area contributed by atoms with Crippen molar-refractivity contribution < 1.29 is 9.15 Å². The van der Waals surface area contributed by atoms with Crippen LogP contribution in [0.2, 0.25) is 0 Å². The number of nitrogens with zero attached hydrogens (tertiary/aromatic N) is 1. The van der Waals surface area contributed by atoms with E-state index >= 15 is 0 Å². The molecule has 108 valence electrons. The third-order valence-corrected chi connectivity index (χ3v) is 3.47. The summed E-state index contributed by atoms with van der Waals surface area (Å²) in [4.78, 5) is 2.44. The molecule has 4 heteroatoms. The van der Waals surface area contributed by atoms with E-state index in [0.29, 0.717) is 6.10 Å². The first kappa shape index (κ1) is 14.6. The number of nitrogens with one attached hydrogen (secondary N) is 1. The van der Waals surface area contributed by atoms with Gasteiger partial charge < -0.3 is 14.5 Å². The second-order valence-corrected chi connectivity index (χ2v) is 5.27. The van der Waals surface area contributed by atoms with Crippen LogP contribution in [0.1, 0.15) is 37.7 Å². The van der Waals surface area contributed by atoms with Gasteiger partial charge in [0.2, 0.25) is 0 Å². The fraction of sp³-hybridized carbons (Fsp3) is 0.733. The second kappa shape index (κ2) is 7.68. The van der Waals surface area contributed by atoms with Crippen molar-refractivity contribution >= 4 is 0 Å². The summed E-state index contributed by atoms with van der Waals surface area (Å²) in [5, 5.41) is 3.10. The number of piperidine rings is 1. The molecule has 1 aromatic heterocycles. The fourth-order valence-electron chi connectivity index (χ4n) is 2.57. The zero-order valence-corrected chi connectivity index (χ0v) is 12.2. The summed E-state index contributed by atoms with van der Waals surface area (Å²) in [7, 11) is 1.93. The topological polar surface area (TPSA) is 37.6 Å². The van der Waals surface area contributed by atoms with Crippen LogP contribution in [0, 0.1) is 0 Å². The van der Waals surface area contributed by atoms with Gasteiger partial charge in [-0.2, -0.15) is 0 Å². The molecule has 2 rings (SSSR count). The molecule has 1 atom stereocenters. The summed E-state index contributed by atoms with van der Waals surface area (Å²) in [5.74, 6) is 2.06. The Balaban J connectivity index is 1.80. The number of hydrogen-bond acceptors (Lipinski definition) is 4. The Morgan fingerprint density at radius 1 is 1.42 bits per heavy atom. The molecule has 4 nitrogen and oxygen atoms in total. The minimum absolute atomic E-state index is 0.403. The molecule has 1 saturated heterocycles. The van der Waals surface area contributed by atoms with Crippen molar-refractivity contribution in [3.05, 3.63) is 23.7 Å². The molecule has 1 N–H and O–H groups in total. The summed E-state index contributed by atoms with van der Waals surface area (Å²) in [6, 6.07) is 4.14. The number of furan rings is 1. The van der Waals surface area contributed by atoms with Crippen LogP contribution in [0.4, 0.5) is 0 Å². The Bertz CT molecular complexity index is 365. The lowest BCUT2D eigenvalue weighted by molar-refractivity contribution is -0.00380. The van der Waals surface area contributed by atoms with E-state index in [1.165, 1.54) is 12.8 Å². The maximum Gasteiger partial charge on any atom is 0.118 e. The maximum atomic E-state index is 5.86. The van der Waals surface area contributed by atoms with Gasteiger partial charge in [-0.3, -0.25) is 4.90 Å². The van der Waals surface area contributed by atoms with Crippen molar-refractivity contribution in [2.75, 3.05) is 26.7 Å². The lowest BCUT2D eigenvalue weighted by Gasteiger charge is -2.31. The van der Waals surface area contributed by atoms with Gasteiger partial charge in [0.05, 0.1) is 19.2 Å². The fourth-order valence-corrected chi connectivity index (χ4v) is 2.57. The highest BCUT2D eigenvalue weighted by molar-refractivity contribution is 5.07. The third-order valence-electron chi connectivity index (χ3n) is 3.47. The van der Waals surface area contributed by atoms with E-state index in [4.69, 9.17) is 9.15 Å². The molecule has 0 aliphatic carbocycles. The van der Waals surface area contributed by atoms with E-state index in [9.17, 15) is 0 Å². The molecule has 0 spiro atoms. The number of rotatable bonds is 7. The smallest absolute Gasteiger partial charge is 0.118 e. The molecule has 1 unspecified atom stereocenters. The Hall–Kier alpha value is -0.840. The first-order valence-corrected chi connectivity index (χ1v) is 7.38. The zero-order chi connectivity index (χ0) is 13.5. The van der Waals surface area contributed by atoms with Crippen LogP contribution in [0.5, 0.6) is 0 Å². The average molecular weight is 266 g/mol. The first-order valence-electron chi connectivity index (χ1n) is 7.38. The summed E-state index contributed by atoms with van der Waals surface area (Å²) in [6.07, 6.45) is 3.92. The van der Waals surface area contributed by atoms with Gasteiger partial charge in [0.25, 0.3) is 0 Å². The summed E-state index contributed by atoms with van der Waals surface area (Å²) in [5.41, 5.74) is 0. The monoisotopic (exact) mass is 266 g/mol. The first-order chi connectivity index (χ1) is 9.31. The maximum absolute atomic E-state index is 5.86. The van der Waals surface area contributed by atoms with Gasteiger partial charge in [0.15, 0.2) is 0 Å². The molecule has 1 aliphatic rings. The normalized spacial score (nSPS) is 20.8. The Kier molecular flexibility index (Phi) is 5.89. The van der Waals surface area contributed by atoms with Gasteiger partial charge in [-0.1, -0.05) is 6.92 Å². The SMILES string of the molecule is CCCOC1CCCN(Cc2ccc(CNC)o2)C1. The highest BCUT2D eigenvalue weighted by Gasteiger charge is 2.21. The van der Waals surface area contributed by atoms with Crippen LogP contribution in [0.25, 0.3) is 0 Å². The number of hydrogen-bond donors (Lipinski definition) is 1. The summed E-state index contributed by atoms with van der Waals surface area (Å²) in [6.45, 7) is 6.91. The Morgan fingerprint density at radius 3 is 3.05 bits per heavy atom. The Labute approximate surface area is 116 Å². The lowest BCUT2D eigenvalue weighted by atomic mass is 10.1. The van der Waals surface area contributed by atoms with Gasteiger partial charge in [0, 0.05) is 13.2 Å². The molecule has 2 heterocycles. The predicted octanol–water partition coefficient (Wildman–Crippen LogP) is 2.39. The lowest BCUT2D eigenvalue weighted by Crippen LogP contribution is -2.39. The molecular formula is C15H26N2O2. The quantitative estimate of drug-likeness (QED) is 0.822. The van der Waals surface area contributed by atoms with Gasteiger partial charge in [-0.15, -0.1) is 0 Å². The molecule has 0 radical (unpaired) electrons. The van der Waals surface area contributed by atoms with Gasteiger partial charge in [0.1, 0.15) is 11.5 Å². The largest absolute Gasteiger partial charge is 0.463 e. The van der Waals surface area contributed by atoms with Crippen LogP contribution >= 0.6 is 0 Å². The van der Waals surface area contributed by atoms with E-state index in [-0.39, 0.29) is 0 Å². The summed E-state index contributed by atoms with van der Waals surface area (Å²) >= 11 is 0. The number of likely N-dealkylation sites (tertiary alicyclic amines) is 1. The van der Waals surface area contributed by atoms with E-state index in [0.717, 1.165) is 50.7 Å². The van der Waals surface area contributed by atoms with Crippen molar-refractivity contribution in [3.8, 4) is 0 Å². The molecule has 0 aromatic carbocycles. The highest BCUT2D eigenvalue weighted by Crippen LogP contribution is 2.17. The summed E-state index contributed by atoms with van der Waals surface area (Å²) < 4.78 is 11.7. The van der Waals surface area contributed by atoms with E-state index in [1.54, 1.807) is 0 Å². The van der Waals surface area contributed by atoms with E-state index < -0.39 is 0 Å². The number of ether oxygens (including phenoxy) is 1. The predicted molar refractivity (Wildman–Crippen MR) is 76.0 cm³/mol. The van der Waals surface area contributed by atoms with E-state index in [1.807, 2.05) is 7.05 Å². The molecule has 1 fully saturated rings. The molecular weight excluding hydrogens is 240 g/mol. The molecule has 1 aliphatic heterocycles. The van der Waals surface area contributed by atoms with Crippen molar-refractivity contribution in [2.24, 2.45) is 0 Å². The van der Waals surface area contributed by atoms with Crippen LogP contribution in [-0.2, 0) is 17.8 Å². The van der Waals surface area contributed by atoms with Crippen LogP contribution < -0.4 is 5.32 Å². The molecule has 0 saturated carbocycles. The van der Waals surface area contributed by atoms with Crippen LogP contribution in [0.3, 0.4) is 0 Å². The van der Waals surface area contributed by atoms with E-state index in [2.05, 4.69) is 29.3 Å². The average Bonchev–Trinajstić information content (AvgIpc) is 2.85. The molecule has 0 bridgehead atoms. The molecule has 1 aromatic rings. The van der Waals surface area contributed by atoms with Gasteiger partial charge in [-0.05, 0) is 45.0 Å². The minimum atomic E-state index is 0.403. The van der Waals surface area contributed by atoms with Crippen molar-refractivity contribution in [1.82, 2.24) is 10.2 Å².